The molecule has 18 nitrogen and oxygen atoms in total. The highest BCUT2D eigenvalue weighted by atomic mass is 16.6. The van der Waals surface area contributed by atoms with E-state index in [1.54, 1.807) is 0 Å². The van der Waals surface area contributed by atoms with Crippen molar-refractivity contribution in [1.29, 1.82) is 0 Å². The van der Waals surface area contributed by atoms with Crippen LogP contribution in [0.15, 0.2) is 12.2 Å². The maximum Gasteiger partial charge on any atom is 0.410 e. The fraction of sp³-hybridized carbons (Fsp3) is 0.836. The van der Waals surface area contributed by atoms with Gasteiger partial charge in [-0.1, -0.05) is 156 Å². The van der Waals surface area contributed by atoms with Crippen molar-refractivity contribution in [3.8, 4) is 0 Å². The van der Waals surface area contributed by atoms with Crippen LogP contribution in [0, 0.1) is 0 Å². The lowest BCUT2D eigenvalue weighted by Crippen LogP contribution is -2.44. The Morgan fingerprint density at radius 3 is 0.945 bits per heavy atom. The number of hydrogen-bond donors (Lipinski definition) is 0. The van der Waals surface area contributed by atoms with Gasteiger partial charge in [0.1, 0.15) is 18.8 Å². The molecule has 1 rings (SSSR count). The van der Waals surface area contributed by atoms with Crippen LogP contribution in [-0.2, 0) is 61.9 Å². The van der Waals surface area contributed by atoms with Crippen molar-refractivity contribution in [1.82, 2.24) is 19.6 Å². The summed E-state index contributed by atoms with van der Waals surface area (Å²) >= 11 is 0. The van der Waals surface area contributed by atoms with E-state index in [9.17, 15) is 33.6 Å². The molecule has 0 spiro atoms. The van der Waals surface area contributed by atoms with Crippen molar-refractivity contribution in [3.63, 3.8) is 0 Å². The first-order chi connectivity index (χ1) is 35.3. The van der Waals surface area contributed by atoms with E-state index in [4.69, 9.17) is 33.2 Å². The van der Waals surface area contributed by atoms with E-state index in [1.807, 2.05) is 19.0 Å². The number of amides is 1. The number of carbonyl (C=O) groups is 7. The minimum absolute atomic E-state index is 0.0580. The van der Waals surface area contributed by atoms with Crippen molar-refractivity contribution >= 4 is 41.9 Å². The Labute approximate surface area is 439 Å². The minimum Gasteiger partial charge on any atom is -0.465 e. The molecule has 0 bridgehead atoms. The number of carbonyl (C=O) groups excluding carboxylic acids is 7. The van der Waals surface area contributed by atoms with Crippen LogP contribution < -0.4 is 0 Å². The predicted octanol–water partition coefficient (Wildman–Crippen LogP) is 8.60. The zero-order valence-electron chi connectivity index (χ0n) is 46.2. The molecule has 1 heterocycles. The molecule has 0 radical (unpaired) electrons. The van der Waals surface area contributed by atoms with Gasteiger partial charge in [0.2, 0.25) is 0 Å². The van der Waals surface area contributed by atoms with Crippen molar-refractivity contribution in [3.05, 3.63) is 12.2 Å². The van der Waals surface area contributed by atoms with Crippen molar-refractivity contribution in [2.45, 2.75) is 194 Å². The second-order valence-corrected chi connectivity index (χ2v) is 19.5. The number of unbranched alkanes of at least 4 members (excludes halogenated alkanes) is 20. The summed E-state index contributed by atoms with van der Waals surface area (Å²) in [5, 5.41) is 0. The minimum atomic E-state index is -1.04. The standard InChI is InChI=1S/C55H98N4O14/c1-7-11-15-19-23-27-34-67-49(60)41-57(42-50(61)68-35-28-24-20-16-12-8-2)45-53(64)72-47-31-32-48(40-59(39-47)55(66)71-38-33-56(5)6)73-54(65)46-58(43-51(62)69-36-29-25-21-17-13-9-3)44-52(63)70-37-30-26-22-18-14-10-4/h31-32,47-48H,7-30,33-46H2,1-6H3/t47-,48+. The van der Waals surface area contributed by atoms with Gasteiger partial charge in [0.05, 0.1) is 78.8 Å². The molecule has 422 valence electrons. The fourth-order valence-corrected chi connectivity index (χ4v) is 7.89. The molecule has 0 aromatic heterocycles. The molecular formula is C55H98N4O14. The maximum atomic E-state index is 13.6. The first-order valence-corrected chi connectivity index (χ1v) is 28.0. The lowest BCUT2D eigenvalue weighted by atomic mass is 10.1. The highest BCUT2D eigenvalue weighted by Crippen LogP contribution is 2.15. The SMILES string of the molecule is CCCCCCCCOC(=O)CN(CC(=O)OCCCCCCCC)CC(=O)O[C@@H]1C=C[C@H](OC(=O)CN(CC(=O)OCCCCCCCC)CC(=O)OCCCCCCCC)CN(C(=O)OCCN(C)C)C1. The molecule has 0 N–H and O–H groups in total. The van der Waals surface area contributed by atoms with E-state index < -0.39 is 67.2 Å². The molecule has 0 unspecified atom stereocenters. The van der Waals surface area contributed by atoms with E-state index in [0.29, 0.717) is 32.2 Å². The molecule has 1 aliphatic heterocycles. The zero-order chi connectivity index (χ0) is 53.7. The van der Waals surface area contributed by atoms with Crippen LogP contribution >= 0.6 is 0 Å². The second-order valence-electron chi connectivity index (χ2n) is 19.5. The molecule has 1 amide bonds. The summed E-state index contributed by atoms with van der Waals surface area (Å²) in [5.41, 5.74) is 0. The van der Waals surface area contributed by atoms with E-state index in [2.05, 4.69) is 27.7 Å². The third-order valence-corrected chi connectivity index (χ3v) is 12.1. The Morgan fingerprint density at radius 2 is 0.658 bits per heavy atom. The van der Waals surface area contributed by atoms with Crippen LogP contribution in [0.2, 0.25) is 0 Å². The molecule has 0 fully saturated rings. The number of hydrogen-bond acceptors (Lipinski definition) is 17. The molecule has 73 heavy (non-hydrogen) atoms. The van der Waals surface area contributed by atoms with Gasteiger partial charge in [-0.3, -0.25) is 38.6 Å². The Morgan fingerprint density at radius 1 is 0.384 bits per heavy atom. The van der Waals surface area contributed by atoms with E-state index in [-0.39, 0.29) is 72.3 Å². The first kappa shape index (κ1) is 66.7. The van der Waals surface area contributed by atoms with Crippen molar-refractivity contribution < 1.29 is 66.7 Å². The summed E-state index contributed by atoms with van der Waals surface area (Å²) in [7, 11) is 3.66. The number of ether oxygens (including phenoxy) is 7. The van der Waals surface area contributed by atoms with Crippen LogP contribution in [0.25, 0.3) is 0 Å². The summed E-state index contributed by atoms with van der Waals surface area (Å²) in [6.45, 7) is 7.28. The monoisotopic (exact) mass is 1040 g/mol. The van der Waals surface area contributed by atoms with Gasteiger partial charge < -0.3 is 43.0 Å². The molecule has 0 aromatic carbocycles. The average molecular weight is 1040 g/mol. The topological polar surface area (TPSA) is 197 Å². The van der Waals surface area contributed by atoms with Gasteiger partial charge in [-0.2, -0.15) is 0 Å². The summed E-state index contributed by atoms with van der Waals surface area (Å²) in [5.74, 6) is -3.95. The Bertz CT molecular complexity index is 1370. The van der Waals surface area contributed by atoms with Crippen molar-refractivity contribution in [2.75, 3.05) is 106 Å². The quantitative estimate of drug-likeness (QED) is 0.0243. The Hall–Kier alpha value is -4.29. The number of esters is 6. The van der Waals surface area contributed by atoms with Gasteiger partial charge in [0.15, 0.2) is 0 Å². The Balaban J connectivity index is 3.15. The van der Waals surface area contributed by atoms with Crippen molar-refractivity contribution in [2.24, 2.45) is 0 Å². The third kappa shape index (κ3) is 38.9. The summed E-state index contributed by atoms with van der Waals surface area (Å²) in [6.07, 6.45) is 24.5. The predicted molar refractivity (Wildman–Crippen MR) is 281 cm³/mol. The Kier molecular flexibility index (Phi) is 41.3. The van der Waals surface area contributed by atoms with Gasteiger partial charge in [-0.25, -0.2) is 4.79 Å². The maximum absolute atomic E-state index is 13.6. The van der Waals surface area contributed by atoms with Crippen LogP contribution in [0.5, 0.6) is 0 Å². The number of likely N-dealkylation sites (N-methyl/N-ethyl adjacent to an activating group) is 1. The second kappa shape index (κ2) is 45.1. The van der Waals surface area contributed by atoms with Crippen LogP contribution in [0.1, 0.15) is 182 Å². The van der Waals surface area contributed by atoms with Gasteiger partial charge in [0, 0.05) is 6.54 Å². The lowest BCUT2D eigenvalue weighted by Gasteiger charge is -2.27. The van der Waals surface area contributed by atoms with Crippen LogP contribution in [0.4, 0.5) is 4.79 Å². The van der Waals surface area contributed by atoms with Gasteiger partial charge in [-0.15, -0.1) is 0 Å². The molecule has 2 atom stereocenters. The van der Waals surface area contributed by atoms with Gasteiger partial charge in [0.25, 0.3) is 0 Å². The number of rotatable bonds is 45. The molecule has 0 saturated heterocycles. The fourth-order valence-electron chi connectivity index (χ4n) is 7.89. The third-order valence-electron chi connectivity index (χ3n) is 12.1. The first-order valence-electron chi connectivity index (χ1n) is 28.0. The zero-order valence-corrected chi connectivity index (χ0v) is 46.2. The summed E-state index contributed by atoms with van der Waals surface area (Å²) in [4.78, 5) is 98.3. The highest BCUT2D eigenvalue weighted by molar-refractivity contribution is 5.79. The highest BCUT2D eigenvalue weighted by Gasteiger charge is 2.31. The lowest BCUT2D eigenvalue weighted by molar-refractivity contribution is -0.156. The smallest absolute Gasteiger partial charge is 0.410 e. The van der Waals surface area contributed by atoms with E-state index in [0.717, 1.165) is 128 Å². The van der Waals surface area contributed by atoms with Gasteiger partial charge in [-0.05, 0) is 51.9 Å². The van der Waals surface area contributed by atoms with Crippen LogP contribution in [-0.4, -0.2) is 180 Å². The molecule has 0 aliphatic carbocycles. The normalized spacial score (nSPS) is 14.5. The largest absolute Gasteiger partial charge is 0.465 e. The molecule has 0 aromatic rings. The van der Waals surface area contributed by atoms with Crippen LogP contribution in [0.3, 0.4) is 0 Å². The molecule has 0 saturated carbocycles. The summed E-state index contributed by atoms with van der Waals surface area (Å²) < 4.78 is 39.1. The summed E-state index contributed by atoms with van der Waals surface area (Å²) in [6, 6.07) is 0. The molecule has 1 aliphatic rings. The molecule has 18 heteroatoms. The van der Waals surface area contributed by atoms with Gasteiger partial charge >= 0.3 is 41.9 Å². The average Bonchev–Trinajstić information content (AvgIpc) is 3.54. The number of nitrogens with zero attached hydrogens (tertiary/aromatic N) is 4. The van der Waals surface area contributed by atoms with E-state index >= 15 is 0 Å². The van der Waals surface area contributed by atoms with E-state index in [1.165, 1.54) is 26.9 Å². The molecular weight excluding hydrogens is 941 g/mol.